The van der Waals surface area contributed by atoms with Crippen LogP contribution in [0.15, 0.2) is 24.4 Å². The fraction of sp³-hybridized carbons (Fsp3) is 0.640. The molecule has 32 heavy (non-hydrogen) atoms. The molecule has 0 radical (unpaired) electrons. The lowest BCUT2D eigenvalue weighted by Gasteiger charge is -2.40. The van der Waals surface area contributed by atoms with Crippen LogP contribution in [0.4, 0.5) is 0 Å². The Kier molecular flexibility index (Phi) is 4.61. The maximum atomic E-state index is 13.2. The van der Waals surface area contributed by atoms with E-state index in [2.05, 4.69) is 22.7 Å². The molecular weight excluding hydrogens is 404 g/mol. The lowest BCUT2D eigenvalue weighted by molar-refractivity contribution is 0.0694. The van der Waals surface area contributed by atoms with Crippen LogP contribution >= 0.6 is 0 Å². The minimum atomic E-state index is -0.197. The molecule has 4 fully saturated rings. The summed E-state index contributed by atoms with van der Waals surface area (Å²) in [4.78, 5) is 25.9. The summed E-state index contributed by atoms with van der Waals surface area (Å²) in [7, 11) is 0. The van der Waals surface area contributed by atoms with Crippen molar-refractivity contribution in [2.75, 3.05) is 19.8 Å². The average molecular weight is 437 g/mol. The predicted molar refractivity (Wildman–Crippen MR) is 119 cm³/mol. The van der Waals surface area contributed by atoms with E-state index in [-0.39, 0.29) is 23.3 Å². The normalized spacial score (nSPS) is 33.7. The third-order valence-corrected chi connectivity index (χ3v) is 8.46. The number of nitrogens with zero attached hydrogens (tertiary/aromatic N) is 2. The fourth-order valence-electron chi connectivity index (χ4n) is 7.25. The summed E-state index contributed by atoms with van der Waals surface area (Å²) in [6.07, 6.45) is 9.96. The van der Waals surface area contributed by atoms with Gasteiger partial charge in [0.2, 0.25) is 0 Å². The molecule has 170 valence electrons. The van der Waals surface area contributed by atoms with Gasteiger partial charge in [0.1, 0.15) is 0 Å². The number of ether oxygens (including phenoxy) is 1. The predicted octanol–water partition coefficient (Wildman–Crippen LogP) is 3.19. The number of fused-ring (bicyclic) bond motifs is 2. The third-order valence-electron chi connectivity index (χ3n) is 8.46. The Balaban J connectivity index is 1.17. The lowest BCUT2D eigenvalue weighted by atomic mass is 9.67. The molecule has 4 atom stereocenters. The van der Waals surface area contributed by atoms with Crippen LogP contribution in [-0.2, 0) is 4.74 Å². The molecule has 1 spiro atoms. The summed E-state index contributed by atoms with van der Waals surface area (Å²) < 4.78 is 6.99. The topological polar surface area (TPSA) is 84.7 Å². The van der Waals surface area contributed by atoms with Crippen LogP contribution in [0.3, 0.4) is 0 Å². The number of carbonyl (C=O) groups excluding carboxylic acids is 2. The number of aromatic nitrogens is 2. The molecule has 3 heterocycles. The summed E-state index contributed by atoms with van der Waals surface area (Å²) in [5.74, 6) is 1.37. The van der Waals surface area contributed by atoms with Gasteiger partial charge in [0.15, 0.2) is 5.69 Å². The Morgan fingerprint density at radius 2 is 2.03 bits per heavy atom. The summed E-state index contributed by atoms with van der Waals surface area (Å²) in [6.45, 7) is 4.46. The molecule has 2 aromatic heterocycles. The number of amides is 2. The van der Waals surface area contributed by atoms with E-state index in [1.165, 1.54) is 32.1 Å². The molecule has 1 saturated heterocycles. The number of hydrogen-bond donors (Lipinski definition) is 2. The first-order chi connectivity index (χ1) is 15.5. The van der Waals surface area contributed by atoms with Crippen LogP contribution in [0.1, 0.15) is 72.7 Å². The van der Waals surface area contributed by atoms with Gasteiger partial charge in [0.05, 0.1) is 11.1 Å². The van der Waals surface area contributed by atoms with Crippen molar-refractivity contribution in [2.24, 2.45) is 22.7 Å². The zero-order valence-electron chi connectivity index (χ0n) is 18.7. The highest BCUT2D eigenvalue weighted by atomic mass is 16.5. The van der Waals surface area contributed by atoms with Gasteiger partial charge in [0, 0.05) is 32.0 Å². The Morgan fingerprint density at radius 1 is 1.19 bits per heavy atom. The van der Waals surface area contributed by atoms with E-state index < -0.39 is 0 Å². The van der Waals surface area contributed by atoms with E-state index in [0.29, 0.717) is 35.4 Å². The maximum Gasteiger partial charge on any atom is 0.272 e. The minimum absolute atomic E-state index is 0.0749. The van der Waals surface area contributed by atoms with Crippen molar-refractivity contribution in [2.45, 2.75) is 57.9 Å². The molecule has 2 aromatic rings. The highest BCUT2D eigenvalue weighted by Gasteiger charge is 2.67. The second-order valence-corrected chi connectivity index (χ2v) is 11.0. The molecule has 7 heteroatoms. The first-order valence-corrected chi connectivity index (χ1v) is 12.1. The Morgan fingerprint density at radius 3 is 2.88 bits per heavy atom. The van der Waals surface area contributed by atoms with Crippen molar-refractivity contribution in [3.05, 3.63) is 35.7 Å². The third kappa shape index (κ3) is 3.41. The van der Waals surface area contributed by atoms with E-state index in [4.69, 9.17) is 4.74 Å². The van der Waals surface area contributed by atoms with Gasteiger partial charge in [-0.15, -0.1) is 0 Å². The maximum absolute atomic E-state index is 13.2. The molecule has 4 unspecified atom stereocenters. The average Bonchev–Trinajstić information content (AvgIpc) is 3.12. The Labute approximate surface area is 188 Å². The molecule has 2 bridgehead atoms. The van der Waals surface area contributed by atoms with Gasteiger partial charge in [-0.25, -0.2) is 4.52 Å². The standard InChI is InChI=1S/C25H32N4O3/c1-16-10-24(12-17-13-25(17,11-16)14-24)15-26-22(30)19-3-2-6-29-21(19)9-20(28-29)23(31)27-18-4-7-32-8-5-18/h2-3,6,9,16-18H,4-5,7-8,10-15H2,1H3,(H,26,30)(H,27,31). The Bertz CT molecular complexity index is 1070. The molecule has 3 aliphatic carbocycles. The second-order valence-electron chi connectivity index (χ2n) is 11.0. The zero-order chi connectivity index (χ0) is 21.9. The molecule has 4 aliphatic rings. The van der Waals surface area contributed by atoms with Crippen molar-refractivity contribution in [1.82, 2.24) is 20.2 Å². The van der Waals surface area contributed by atoms with Crippen LogP contribution in [0.2, 0.25) is 0 Å². The molecule has 2 N–H and O–H groups in total. The van der Waals surface area contributed by atoms with Crippen molar-refractivity contribution in [3.8, 4) is 0 Å². The minimum Gasteiger partial charge on any atom is -0.381 e. The van der Waals surface area contributed by atoms with E-state index in [1.54, 1.807) is 16.8 Å². The number of nitrogens with one attached hydrogen (secondary N) is 2. The summed E-state index contributed by atoms with van der Waals surface area (Å²) in [6, 6.07) is 5.48. The molecule has 6 rings (SSSR count). The quantitative estimate of drug-likeness (QED) is 0.754. The van der Waals surface area contributed by atoms with Crippen LogP contribution in [0, 0.1) is 22.7 Å². The van der Waals surface area contributed by atoms with Gasteiger partial charge < -0.3 is 15.4 Å². The highest BCUT2D eigenvalue weighted by Crippen LogP contribution is 2.75. The van der Waals surface area contributed by atoms with Gasteiger partial charge in [-0.3, -0.25) is 9.59 Å². The van der Waals surface area contributed by atoms with Crippen molar-refractivity contribution < 1.29 is 14.3 Å². The van der Waals surface area contributed by atoms with Crippen LogP contribution in [0.5, 0.6) is 0 Å². The van der Waals surface area contributed by atoms with Gasteiger partial charge in [-0.2, -0.15) is 5.10 Å². The SMILES string of the molecule is CC1CC2(CNC(=O)c3cccn4nc(C(=O)NC5CCOCC5)cc34)CC3CC3(C1)C2. The summed E-state index contributed by atoms with van der Waals surface area (Å²) in [5.41, 5.74) is 2.46. The molecule has 7 nitrogen and oxygen atoms in total. The lowest BCUT2D eigenvalue weighted by Crippen LogP contribution is -2.40. The molecular formula is C25H32N4O3. The molecule has 0 aromatic carbocycles. The van der Waals surface area contributed by atoms with Crippen molar-refractivity contribution >= 4 is 17.3 Å². The van der Waals surface area contributed by atoms with Crippen LogP contribution < -0.4 is 10.6 Å². The largest absolute Gasteiger partial charge is 0.381 e. The van der Waals surface area contributed by atoms with Crippen LogP contribution in [0.25, 0.3) is 5.52 Å². The monoisotopic (exact) mass is 436 g/mol. The number of rotatable bonds is 5. The fourth-order valence-corrected chi connectivity index (χ4v) is 7.25. The van der Waals surface area contributed by atoms with E-state index in [0.717, 1.165) is 31.2 Å². The van der Waals surface area contributed by atoms with Gasteiger partial charge in [-0.05, 0) is 85.8 Å². The first-order valence-electron chi connectivity index (χ1n) is 12.1. The molecule has 3 saturated carbocycles. The Hall–Kier alpha value is -2.41. The van der Waals surface area contributed by atoms with Gasteiger partial charge in [-0.1, -0.05) is 6.92 Å². The highest BCUT2D eigenvalue weighted by molar-refractivity contribution is 6.02. The zero-order valence-corrected chi connectivity index (χ0v) is 18.7. The van der Waals surface area contributed by atoms with E-state index in [1.807, 2.05) is 12.1 Å². The van der Waals surface area contributed by atoms with Gasteiger partial charge in [0.25, 0.3) is 11.8 Å². The van der Waals surface area contributed by atoms with E-state index >= 15 is 0 Å². The van der Waals surface area contributed by atoms with Crippen molar-refractivity contribution in [1.29, 1.82) is 0 Å². The number of hydrogen-bond acceptors (Lipinski definition) is 4. The summed E-state index contributed by atoms with van der Waals surface area (Å²) >= 11 is 0. The number of pyridine rings is 1. The van der Waals surface area contributed by atoms with Crippen LogP contribution in [-0.4, -0.2) is 47.2 Å². The molecule has 2 amide bonds. The first kappa shape index (κ1) is 20.2. The van der Waals surface area contributed by atoms with Gasteiger partial charge >= 0.3 is 0 Å². The molecule has 1 aliphatic heterocycles. The smallest absolute Gasteiger partial charge is 0.272 e. The second kappa shape index (κ2) is 7.30. The van der Waals surface area contributed by atoms with Crippen molar-refractivity contribution in [3.63, 3.8) is 0 Å². The number of carbonyl (C=O) groups is 2. The summed E-state index contributed by atoms with van der Waals surface area (Å²) in [5, 5.41) is 10.7. The van der Waals surface area contributed by atoms with E-state index in [9.17, 15) is 9.59 Å².